The molecule has 0 saturated carbocycles. The molecule has 1 N–H and O–H groups in total. The summed E-state index contributed by atoms with van der Waals surface area (Å²) in [6.45, 7) is -4.33. The van der Waals surface area contributed by atoms with E-state index in [1.54, 1.807) is 0 Å². The van der Waals surface area contributed by atoms with Crippen LogP contribution in [0.4, 0.5) is 43.9 Å². The normalized spacial score (nSPS) is 19.3. The van der Waals surface area contributed by atoms with Gasteiger partial charge in [0.1, 0.15) is 6.61 Å². The third-order valence-corrected chi connectivity index (χ3v) is 2.26. The van der Waals surface area contributed by atoms with Crippen molar-refractivity contribution >= 4 is 0 Å². The van der Waals surface area contributed by atoms with E-state index in [0.717, 1.165) is 0 Å². The number of alkyl halides is 10. The van der Waals surface area contributed by atoms with E-state index in [9.17, 15) is 43.9 Å². The molecule has 0 heterocycles. The zero-order valence-electron chi connectivity index (χ0n) is 11.1. The van der Waals surface area contributed by atoms with E-state index in [0.29, 0.717) is 0 Å². The first-order valence-electron chi connectivity index (χ1n) is 5.41. The summed E-state index contributed by atoms with van der Waals surface area (Å²) in [5.41, 5.74) is 0. The van der Waals surface area contributed by atoms with E-state index in [1.165, 1.54) is 0 Å². The van der Waals surface area contributed by atoms with Crippen molar-refractivity contribution in [3.63, 3.8) is 0 Å². The minimum Gasteiger partial charge on any atom is -0.394 e. The van der Waals surface area contributed by atoms with Crippen molar-refractivity contribution in [2.24, 2.45) is 0 Å². The second-order valence-electron chi connectivity index (χ2n) is 3.92. The molecule has 0 aliphatic rings. The first kappa shape index (κ1) is 22.1. The molecule has 14 heteroatoms. The fraction of sp³-hybridized carbons (Fsp3) is 1.00. The van der Waals surface area contributed by atoms with Crippen LogP contribution in [0.25, 0.3) is 0 Å². The van der Waals surface area contributed by atoms with E-state index in [1.807, 2.05) is 0 Å². The average Bonchev–Trinajstić information content (AvgIpc) is 2.34. The number of rotatable bonds is 8. The van der Waals surface area contributed by atoms with Crippen LogP contribution in [-0.4, -0.2) is 62.2 Å². The quantitative estimate of drug-likeness (QED) is 0.526. The molecular formula is C9H10F10O4. The predicted octanol–water partition coefficient (Wildman–Crippen LogP) is 2.71. The maximum absolute atomic E-state index is 13.5. The van der Waals surface area contributed by atoms with Crippen LogP contribution in [0.1, 0.15) is 0 Å². The Kier molecular flexibility index (Phi) is 6.68. The van der Waals surface area contributed by atoms with Gasteiger partial charge in [-0.05, 0) is 0 Å². The lowest BCUT2D eigenvalue weighted by atomic mass is 10.2. The number of halogens is 10. The topological polar surface area (TPSA) is 47.9 Å². The molecule has 0 bridgehead atoms. The van der Waals surface area contributed by atoms with Gasteiger partial charge >= 0.3 is 30.2 Å². The summed E-state index contributed by atoms with van der Waals surface area (Å²) in [6.07, 6.45) is -19.3. The Hall–Kier alpha value is -0.860. The molecule has 4 nitrogen and oxygen atoms in total. The molecule has 23 heavy (non-hydrogen) atoms. The second kappa shape index (κ2) is 6.94. The molecule has 0 aliphatic heterocycles. The summed E-state index contributed by atoms with van der Waals surface area (Å²) in [5.74, 6) is -11.6. The van der Waals surface area contributed by atoms with Gasteiger partial charge in [0.15, 0.2) is 0 Å². The van der Waals surface area contributed by atoms with Crippen molar-refractivity contribution in [3.8, 4) is 0 Å². The van der Waals surface area contributed by atoms with E-state index >= 15 is 0 Å². The van der Waals surface area contributed by atoms with Crippen LogP contribution in [0.5, 0.6) is 0 Å². The van der Waals surface area contributed by atoms with Crippen LogP contribution in [-0.2, 0) is 14.2 Å². The van der Waals surface area contributed by atoms with Gasteiger partial charge in [-0.15, -0.1) is 0 Å². The maximum atomic E-state index is 13.5. The van der Waals surface area contributed by atoms with Crippen LogP contribution in [0.3, 0.4) is 0 Å². The van der Waals surface area contributed by atoms with Crippen molar-refractivity contribution in [1.29, 1.82) is 0 Å². The summed E-state index contributed by atoms with van der Waals surface area (Å²) < 4.78 is 136. The third kappa shape index (κ3) is 4.58. The zero-order valence-corrected chi connectivity index (χ0v) is 11.1. The number of methoxy groups -OCH3 is 1. The molecule has 0 aromatic rings. The molecule has 0 aromatic carbocycles. The average molecular weight is 372 g/mol. The Morgan fingerprint density at radius 3 is 1.61 bits per heavy atom. The fourth-order valence-corrected chi connectivity index (χ4v) is 1.11. The first-order chi connectivity index (χ1) is 10.1. The molecule has 0 spiro atoms. The molecule has 0 aromatic heterocycles. The fourth-order valence-electron chi connectivity index (χ4n) is 1.11. The number of aliphatic hydroxyl groups excluding tert-OH is 1. The largest absolute Gasteiger partial charge is 0.457 e. The van der Waals surface area contributed by atoms with Gasteiger partial charge < -0.3 is 14.6 Å². The Morgan fingerprint density at radius 2 is 1.30 bits per heavy atom. The lowest BCUT2D eigenvalue weighted by molar-refractivity contribution is -0.503. The van der Waals surface area contributed by atoms with Crippen molar-refractivity contribution in [2.75, 3.05) is 26.9 Å². The smallest absolute Gasteiger partial charge is 0.394 e. The van der Waals surface area contributed by atoms with Crippen molar-refractivity contribution < 1.29 is 63.2 Å². The maximum Gasteiger partial charge on any atom is 0.457 e. The van der Waals surface area contributed by atoms with E-state index in [-0.39, 0.29) is 7.11 Å². The van der Waals surface area contributed by atoms with Crippen LogP contribution in [0.2, 0.25) is 0 Å². The first-order valence-corrected chi connectivity index (χ1v) is 5.41. The van der Waals surface area contributed by atoms with E-state index in [2.05, 4.69) is 14.2 Å². The molecule has 0 radical (unpaired) electrons. The number of hydrogen-bond acceptors (Lipinski definition) is 4. The van der Waals surface area contributed by atoms with Crippen LogP contribution in [0.15, 0.2) is 0 Å². The minimum absolute atomic E-state index is 0.236. The molecule has 0 amide bonds. The summed E-state index contributed by atoms with van der Waals surface area (Å²) in [7, 11) is -0.236. The van der Waals surface area contributed by atoms with Crippen LogP contribution >= 0.6 is 0 Å². The number of hydrogen-bond donors (Lipinski definition) is 1. The van der Waals surface area contributed by atoms with Crippen molar-refractivity contribution in [2.45, 2.75) is 30.2 Å². The summed E-state index contributed by atoms with van der Waals surface area (Å²) in [5, 5.41) is 8.23. The highest BCUT2D eigenvalue weighted by molar-refractivity contribution is 4.90. The summed E-state index contributed by atoms with van der Waals surface area (Å²) >= 11 is 0. The SMILES string of the molecule is COC(F)(C(F)(F)F)C(F)(F)OC(F)(COCCO)C(F)(F)F. The Morgan fingerprint density at radius 1 is 0.826 bits per heavy atom. The van der Waals surface area contributed by atoms with E-state index < -0.39 is 50.0 Å². The summed E-state index contributed by atoms with van der Waals surface area (Å²) in [6, 6.07) is 0. The van der Waals surface area contributed by atoms with Crippen molar-refractivity contribution in [1.82, 2.24) is 0 Å². The Balaban J connectivity index is 5.63. The van der Waals surface area contributed by atoms with Crippen LogP contribution < -0.4 is 0 Å². The molecule has 0 saturated heterocycles. The van der Waals surface area contributed by atoms with Gasteiger partial charge in [-0.2, -0.15) is 43.9 Å². The molecule has 140 valence electrons. The highest BCUT2D eigenvalue weighted by atomic mass is 19.4. The third-order valence-electron chi connectivity index (χ3n) is 2.26. The molecule has 2 atom stereocenters. The van der Waals surface area contributed by atoms with Gasteiger partial charge in [0.05, 0.1) is 13.2 Å². The monoisotopic (exact) mass is 372 g/mol. The lowest BCUT2D eigenvalue weighted by Gasteiger charge is -2.37. The van der Waals surface area contributed by atoms with Gasteiger partial charge in [0.25, 0.3) is 0 Å². The number of aliphatic hydroxyl groups is 1. The van der Waals surface area contributed by atoms with Gasteiger partial charge in [-0.1, -0.05) is 0 Å². The lowest BCUT2D eigenvalue weighted by Crippen LogP contribution is -2.63. The van der Waals surface area contributed by atoms with E-state index in [4.69, 9.17) is 5.11 Å². The van der Waals surface area contributed by atoms with Gasteiger partial charge in [0.2, 0.25) is 0 Å². The molecule has 0 rings (SSSR count). The minimum atomic E-state index is -6.55. The molecule has 0 aliphatic carbocycles. The standard InChI is InChI=1S/C9H10F10O4/c1-21-6(11,8(15,16)17)9(18,19)23-5(10,7(12,13)14)4-22-3-2-20/h20H,2-4H2,1H3. The molecule has 2 unspecified atom stereocenters. The molecular weight excluding hydrogens is 362 g/mol. The Labute approximate surface area is 121 Å². The van der Waals surface area contributed by atoms with Gasteiger partial charge in [0, 0.05) is 7.11 Å². The molecule has 0 fully saturated rings. The van der Waals surface area contributed by atoms with Crippen molar-refractivity contribution in [3.05, 3.63) is 0 Å². The number of ether oxygens (including phenoxy) is 3. The second-order valence-corrected chi connectivity index (χ2v) is 3.92. The van der Waals surface area contributed by atoms with Gasteiger partial charge in [-0.3, -0.25) is 4.74 Å². The highest BCUT2D eigenvalue weighted by Gasteiger charge is 2.78. The predicted molar refractivity (Wildman–Crippen MR) is 50.7 cm³/mol. The highest BCUT2D eigenvalue weighted by Crippen LogP contribution is 2.50. The van der Waals surface area contributed by atoms with Crippen LogP contribution in [0, 0.1) is 0 Å². The Bertz CT molecular complexity index is 384. The zero-order chi connectivity index (χ0) is 18.7. The van der Waals surface area contributed by atoms with Gasteiger partial charge in [-0.25, -0.2) is 0 Å². The summed E-state index contributed by atoms with van der Waals surface area (Å²) in [4.78, 5) is 0.